The smallest absolute Gasteiger partial charge is 0.264 e. The Labute approximate surface area is 146 Å². The van der Waals surface area contributed by atoms with Crippen molar-refractivity contribution >= 4 is 17.4 Å². The summed E-state index contributed by atoms with van der Waals surface area (Å²) in [7, 11) is 1.47. The van der Waals surface area contributed by atoms with Gasteiger partial charge >= 0.3 is 0 Å². The van der Waals surface area contributed by atoms with Gasteiger partial charge in [-0.15, -0.1) is 6.58 Å². The molecule has 1 heterocycles. The number of ketones is 1. The second kappa shape index (κ2) is 6.53. The van der Waals surface area contributed by atoms with Gasteiger partial charge in [-0.25, -0.2) is 0 Å². The summed E-state index contributed by atoms with van der Waals surface area (Å²) in [6, 6.07) is 13.7. The summed E-state index contributed by atoms with van der Waals surface area (Å²) in [5, 5.41) is 11.1. The molecule has 3 rings (SSSR count). The summed E-state index contributed by atoms with van der Waals surface area (Å²) in [5.41, 5.74) is -0.518. The first-order valence-corrected chi connectivity index (χ1v) is 7.94. The van der Waals surface area contributed by atoms with Crippen molar-refractivity contribution in [1.29, 1.82) is 0 Å². The number of para-hydroxylation sites is 2. The van der Waals surface area contributed by atoms with E-state index in [0.717, 1.165) is 0 Å². The lowest BCUT2D eigenvalue weighted by Gasteiger charge is -2.22. The van der Waals surface area contributed by atoms with Gasteiger partial charge in [0.2, 0.25) is 0 Å². The predicted molar refractivity (Wildman–Crippen MR) is 94.8 cm³/mol. The minimum absolute atomic E-state index is 0.265. The zero-order valence-electron chi connectivity index (χ0n) is 13.9. The van der Waals surface area contributed by atoms with Crippen LogP contribution in [0.5, 0.6) is 5.75 Å². The van der Waals surface area contributed by atoms with E-state index in [1.807, 2.05) is 0 Å². The molecule has 5 nitrogen and oxygen atoms in total. The molecule has 1 atom stereocenters. The molecule has 2 aromatic carbocycles. The molecule has 1 amide bonds. The standard InChI is InChI=1S/C20H19NO4/c1-3-12-21-16-10-6-5-9-15(16)20(24,19(21)23)13-17(22)14-8-4-7-11-18(14)25-2/h3-11,24H,1,12-13H2,2H3/t20-/m1/s1. The second-order valence-electron chi connectivity index (χ2n) is 5.88. The zero-order valence-corrected chi connectivity index (χ0v) is 13.9. The number of methoxy groups -OCH3 is 1. The maximum atomic E-state index is 12.8. The number of rotatable bonds is 6. The van der Waals surface area contributed by atoms with Gasteiger partial charge in [0, 0.05) is 12.1 Å². The van der Waals surface area contributed by atoms with Crippen molar-refractivity contribution in [3.05, 3.63) is 72.3 Å². The highest BCUT2D eigenvalue weighted by Crippen LogP contribution is 2.43. The van der Waals surface area contributed by atoms with Gasteiger partial charge < -0.3 is 14.7 Å². The number of hydrogen-bond acceptors (Lipinski definition) is 4. The van der Waals surface area contributed by atoms with Crippen LogP contribution in [0.4, 0.5) is 5.69 Å². The highest BCUT2D eigenvalue weighted by molar-refractivity contribution is 6.11. The summed E-state index contributed by atoms with van der Waals surface area (Å²) in [6.45, 7) is 3.92. The van der Waals surface area contributed by atoms with E-state index in [4.69, 9.17) is 4.74 Å². The SMILES string of the molecule is C=CCN1C(=O)[C@@](O)(CC(=O)c2ccccc2OC)c2ccccc21. The first-order chi connectivity index (χ1) is 12.0. The first-order valence-electron chi connectivity index (χ1n) is 7.94. The molecule has 5 heteroatoms. The third kappa shape index (κ3) is 2.72. The highest BCUT2D eigenvalue weighted by Gasteiger charge is 2.50. The molecule has 25 heavy (non-hydrogen) atoms. The van der Waals surface area contributed by atoms with Crippen LogP contribution in [-0.2, 0) is 10.4 Å². The number of carbonyl (C=O) groups is 2. The summed E-state index contributed by atoms with van der Waals surface area (Å²) in [5.74, 6) is -0.460. The van der Waals surface area contributed by atoms with Crippen molar-refractivity contribution in [2.24, 2.45) is 0 Å². The molecule has 0 aliphatic carbocycles. The number of aliphatic hydroxyl groups is 1. The molecule has 0 radical (unpaired) electrons. The van der Waals surface area contributed by atoms with Crippen LogP contribution in [0.15, 0.2) is 61.2 Å². The van der Waals surface area contributed by atoms with Crippen molar-refractivity contribution in [3.8, 4) is 5.75 Å². The van der Waals surface area contributed by atoms with Gasteiger partial charge in [0.15, 0.2) is 11.4 Å². The normalized spacial score (nSPS) is 18.8. The molecule has 1 aliphatic rings. The van der Waals surface area contributed by atoms with Gasteiger partial charge in [0.05, 0.1) is 24.8 Å². The lowest BCUT2D eigenvalue weighted by molar-refractivity contribution is -0.135. The Morgan fingerprint density at radius 3 is 2.64 bits per heavy atom. The molecule has 1 aliphatic heterocycles. The summed E-state index contributed by atoms with van der Waals surface area (Å²) in [4.78, 5) is 27.1. The number of ether oxygens (including phenoxy) is 1. The van der Waals surface area contributed by atoms with Crippen LogP contribution >= 0.6 is 0 Å². The molecule has 0 unspecified atom stereocenters. The van der Waals surface area contributed by atoms with E-state index in [2.05, 4.69) is 6.58 Å². The van der Waals surface area contributed by atoms with E-state index in [1.165, 1.54) is 12.0 Å². The van der Waals surface area contributed by atoms with Crippen LogP contribution in [0.25, 0.3) is 0 Å². The van der Waals surface area contributed by atoms with Crippen LogP contribution < -0.4 is 9.64 Å². The molecule has 0 aromatic heterocycles. The minimum atomic E-state index is -1.89. The number of amides is 1. The Kier molecular flexibility index (Phi) is 4.42. The first kappa shape index (κ1) is 16.9. The average Bonchev–Trinajstić information content (AvgIpc) is 2.84. The number of hydrogen-bond donors (Lipinski definition) is 1. The van der Waals surface area contributed by atoms with E-state index in [0.29, 0.717) is 22.6 Å². The van der Waals surface area contributed by atoms with E-state index in [-0.39, 0.29) is 18.7 Å². The zero-order chi connectivity index (χ0) is 18.0. The molecule has 0 fully saturated rings. The molecule has 2 aromatic rings. The Morgan fingerprint density at radius 2 is 1.92 bits per heavy atom. The van der Waals surface area contributed by atoms with Crippen LogP contribution in [0.1, 0.15) is 22.3 Å². The van der Waals surface area contributed by atoms with E-state index in [9.17, 15) is 14.7 Å². The minimum Gasteiger partial charge on any atom is -0.496 e. The van der Waals surface area contributed by atoms with Gasteiger partial charge in [0.1, 0.15) is 5.75 Å². The number of Topliss-reactive ketones (excluding diaryl/α,β-unsaturated/α-hetero) is 1. The van der Waals surface area contributed by atoms with Gasteiger partial charge in [-0.05, 0) is 18.2 Å². The van der Waals surface area contributed by atoms with Crippen molar-refractivity contribution in [3.63, 3.8) is 0 Å². The molecule has 1 N–H and O–H groups in total. The van der Waals surface area contributed by atoms with E-state index in [1.54, 1.807) is 54.6 Å². The van der Waals surface area contributed by atoms with Crippen molar-refractivity contribution < 1.29 is 19.4 Å². The van der Waals surface area contributed by atoms with Gasteiger partial charge in [0.25, 0.3) is 5.91 Å². The van der Waals surface area contributed by atoms with Gasteiger partial charge in [-0.2, -0.15) is 0 Å². The largest absolute Gasteiger partial charge is 0.496 e. The van der Waals surface area contributed by atoms with E-state index < -0.39 is 11.5 Å². The van der Waals surface area contributed by atoms with Crippen LogP contribution in [0, 0.1) is 0 Å². The molecule has 0 saturated carbocycles. The molecule has 0 spiro atoms. The fraction of sp³-hybridized carbons (Fsp3) is 0.200. The number of benzene rings is 2. The van der Waals surface area contributed by atoms with E-state index >= 15 is 0 Å². The van der Waals surface area contributed by atoms with Crippen molar-refractivity contribution in [1.82, 2.24) is 0 Å². The topological polar surface area (TPSA) is 66.8 Å². The molecule has 0 saturated heterocycles. The van der Waals surface area contributed by atoms with Crippen molar-refractivity contribution in [2.75, 3.05) is 18.6 Å². The second-order valence-corrected chi connectivity index (χ2v) is 5.88. The highest BCUT2D eigenvalue weighted by atomic mass is 16.5. The Morgan fingerprint density at radius 1 is 1.24 bits per heavy atom. The van der Waals surface area contributed by atoms with Gasteiger partial charge in [-0.3, -0.25) is 9.59 Å². The quantitative estimate of drug-likeness (QED) is 0.650. The van der Waals surface area contributed by atoms with Gasteiger partial charge in [-0.1, -0.05) is 36.4 Å². The fourth-order valence-corrected chi connectivity index (χ4v) is 3.19. The number of fused-ring (bicyclic) bond motifs is 1. The Balaban J connectivity index is 2.00. The van der Waals surface area contributed by atoms with Crippen LogP contribution in [-0.4, -0.2) is 30.5 Å². The third-order valence-corrected chi connectivity index (χ3v) is 4.37. The number of nitrogens with zero attached hydrogens (tertiary/aromatic N) is 1. The monoisotopic (exact) mass is 337 g/mol. The lowest BCUT2D eigenvalue weighted by Crippen LogP contribution is -2.42. The Bertz CT molecular complexity index is 845. The number of anilines is 1. The maximum Gasteiger partial charge on any atom is 0.264 e. The molecule has 0 bridgehead atoms. The maximum absolute atomic E-state index is 12.8. The average molecular weight is 337 g/mol. The Hall–Kier alpha value is -2.92. The summed E-state index contributed by atoms with van der Waals surface area (Å²) in [6.07, 6.45) is 1.24. The number of carbonyl (C=O) groups excluding carboxylic acids is 2. The summed E-state index contributed by atoms with van der Waals surface area (Å²) >= 11 is 0. The summed E-state index contributed by atoms with van der Waals surface area (Å²) < 4.78 is 5.21. The van der Waals surface area contributed by atoms with Crippen molar-refractivity contribution in [2.45, 2.75) is 12.0 Å². The van der Waals surface area contributed by atoms with Crippen LogP contribution in [0.3, 0.4) is 0 Å². The third-order valence-electron chi connectivity index (χ3n) is 4.37. The van der Waals surface area contributed by atoms with Crippen LogP contribution in [0.2, 0.25) is 0 Å². The fourth-order valence-electron chi connectivity index (χ4n) is 3.19. The molecular formula is C20H19NO4. The molecule has 128 valence electrons. The lowest BCUT2D eigenvalue weighted by atomic mass is 9.88. The molecular weight excluding hydrogens is 318 g/mol. The predicted octanol–water partition coefficient (Wildman–Crippen LogP) is 2.69.